The van der Waals surface area contributed by atoms with Gasteiger partial charge in [-0.15, -0.1) is 0 Å². The zero-order chi connectivity index (χ0) is 10.7. The monoisotopic (exact) mass is 284 g/mol. The summed E-state index contributed by atoms with van der Waals surface area (Å²) in [7, 11) is 0. The van der Waals surface area contributed by atoms with Gasteiger partial charge in [-0.25, -0.2) is 4.98 Å². The molecular formula is C11H13BrN2S. The number of unbranched alkanes of at least 4 members (excludes halogenated alkanes) is 1. The number of benzene rings is 1. The van der Waals surface area contributed by atoms with Crippen LogP contribution in [0.3, 0.4) is 0 Å². The van der Waals surface area contributed by atoms with Crippen LogP contribution in [0.5, 0.6) is 0 Å². The van der Waals surface area contributed by atoms with Crippen molar-refractivity contribution in [2.24, 2.45) is 0 Å². The molecule has 80 valence electrons. The number of rotatable bonds is 4. The van der Waals surface area contributed by atoms with Crippen LogP contribution in [0, 0.1) is 0 Å². The average Bonchev–Trinajstić information content (AvgIpc) is 2.60. The molecule has 2 rings (SSSR count). The Balaban J connectivity index is 2.16. The maximum atomic E-state index is 4.52. The maximum Gasteiger partial charge on any atom is 0.183 e. The Bertz CT molecular complexity index is 453. The van der Waals surface area contributed by atoms with E-state index in [1.807, 2.05) is 0 Å². The minimum Gasteiger partial charge on any atom is -0.361 e. The Hall–Kier alpha value is -0.610. The molecule has 1 N–H and O–H groups in total. The fraction of sp³-hybridized carbons (Fsp3) is 0.364. The molecule has 0 spiro atoms. The molecule has 1 aromatic carbocycles. The topological polar surface area (TPSA) is 24.9 Å². The van der Waals surface area contributed by atoms with Crippen molar-refractivity contribution in [2.75, 3.05) is 11.9 Å². The second-order valence-electron chi connectivity index (χ2n) is 3.41. The van der Waals surface area contributed by atoms with Crippen molar-refractivity contribution in [3.8, 4) is 0 Å². The SMILES string of the molecule is CCCCNc1nc2cc(Br)ccc2s1. The summed E-state index contributed by atoms with van der Waals surface area (Å²) in [5.74, 6) is 0. The molecule has 0 amide bonds. The van der Waals surface area contributed by atoms with Gasteiger partial charge >= 0.3 is 0 Å². The summed E-state index contributed by atoms with van der Waals surface area (Å²) in [6.07, 6.45) is 2.41. The van der Waals surface area contributed by atoms with Crippen molar-refractivity contribution in [3.63, 3.8) is 0 Å². The van der Waals surface area contributed by atoms with Crippen molar-refractivity contribution in [1.29, 1.82) is 0 Å². The van der Waals surface area contributed by atoms with Gasteiger partial charge in [0.1, 0.15) is 0 Å². The first-order valence-electron chi connectivity index (χ1n) is 5.09. The summed E-state index contributed by atoms with van der Waals surface area (Å²) >= 11 is 5.16. The zero-order valence-electron chi connectivity index (χ0n) is 8.59. The molecule has 0 aliphatic rings. The average molecular weight is 285 g/mol. The van der Waals surface area contributed by atoms with Crippen LogP contribution in [0.1, 0.15) is 19.8 Å². The molecule has 0 bridgehead atoms. The number of nitrogens with one attached hydrogen (secondary N) is 1. The largest absolute Gasteiger partial charge is 0.361 e. The van der Waals surface area contributed by atoms with Gasteiger partial charge in [0.05, 0.1) is 10.2 Å². The Labute approximate surface area is 102 Å². The minimum atomic E-state index is 1.01. The molecule has 0 unspecified atom stereocenters. The Kier molecular flexibility index (Phi) is 3.59. The van der Waals surface area contributed by atoms with Gasteiger partial charge in [0.2, 0.25) is 0 Å². The van der Waals surface area contributed by atoms with Gasteiger partial charge in [-0.2, -0.15) is 0 Å². The molecule has 0 aliphatic carbocycles. The van der Waals surface area contributed by atoms with Crippen LogP contribution in [0.4, 0.5) is 5.13 Å². The number of halogens is 1. The lowest BCUT2D eigenvalue weighted by molar-refractivity contribution is 0.834. The lowest BCUT2D eigenvalue weighted by Crippen LogP contribution is -1.99. The third-order valence-corrected chi connectivity index (χ3v) is 3.64. The number of hydrogen-bond acceptors (Lipinski definition) is 3. The van der Waals surface area contributed by atoms with Crippen molar-refractivity contribution in [2.45, 2.75) is 19.8 Å². The zero-order valence-corrected chi connectivity index (χ0v) is 11.0. The highest BCUT2D eigenvalue weighted by molar-refractivity contribution is 9.10. The van der Waals surface area contributed by atoms with Crippen LogP contribution in [-0.4, -0.2) is 11.5 Å². The smallest absolute Gasteiger partial charge is 0.183 e. The second-order valence-corrected chi connectivity index (χ2v) is 5.36. The Morgan fingerprint density at radius 1 is 1.47 bits per heavy atom. The van der Waals surface area contributed by atoms with E-state index in [1.165, 1.54) is 17.5 Å². The first-order chi connectivity index (χ1) is 7.29. The normalized spacial score (nSPS) is 10.8. The fourth-order valence-corrected chi connectivity index (χ4v) is 2.57. The van der Waals surface area contributed by atoms with Gasteiger partial charge in [-0.1, -0.05) is 40.6 Å². The van der Waals surface area contributed by atoms with E-state index in [-0.39, 0.29) is 0 Å². The van der Waals surface area contributed by atoms with Crippen molar-refractivity contribution in [1.82, 2.24) is 4.98 Å². The summed E-state index contributed by atoms with van der Waals surface area (Å²) in [5.41, 5.74) is 1.06. The number of thiazole rings is 1. The summed E-state index contributed by atoms with van der Waals surface area (Å²) < 4.78 is 2.32. The molecule has 0 atom stereocenters. The third-order valence-electron chi connectivity index (χ3n) is 2.16. The van der Waals surface area contributed by atoms with Gasteiger partial charge < -0.3 is 5.32 Å². The van der Waals surface area contributed by atoms with E-state index in [0.29, 0.717) is 0 Å². The second kappa shape index (κ2) is 4.94. The molecule has 0 saturated heterocycles. The van der Waals surface area contributed by atoms with Crippen LogP contribution in [0.15, 0.2) is 22.7 Å². The molecule has 1 heterocycles. The number of aromatic nitrogens is 1. The Morgan fingerprint density at radius 3 is 3.13 bits per heavy atom. The number of hydrogen-bond donors (Lipinski definition) is 1. The molecule has 2 aromatic rings. The lowest BCUT2D eigenvalue weighted by Gasteiger charge is -1.98. The third kappa shape index (κ3) is 2.69. The van der Waals surface area contributed by atoms with Crippen molar-refractivity contribution < 1.29 is 0 Å². The predicted octanol–water partition coefficient (Wildman–Crippen LogP) is 4.27. The van der Waals surface area contributed by atoms with Crippen molar-refractivity contribution in [3.05, 3.63) is 22.7 Å². The number of nitrogens with zero attached hydrogens (tertiary/aromatic N) is 1. The molecule has 2 nitrogen and oxygen atoms in total. The first-order valence-corrected chi connectivity index (χ1v) is 6.70. The van der Waals surface area contributed by atoms with Crippen LogP contribution in [-0.2, 0) is 0 Å². The number of fused-ring (bicyclic) bond motifs is 1. The van der Waals surface area contributed by atoms with E-state index in [9.17, 15) is 0 Å². The van der Waals surface area contributed by atoms with Crippen LogP contribution in [0.2, 0.25) is 0 Å². The van der Waals surface area contributed by atoms with Gasteiger partial charge in [-0.05, 0) is 24.6 Å². The highest BCUT2D eigenvalue weighted by atomic mass is 79.9. The van der Waals surface area contributed by atoms with Crippen LogP contribution >= 0.6 is 27.3 Å². The molecule has 0 aliphatic heterocycles. The van der Waals surface area contributed by atoms with Gasteiger partial charge in [0.25, 0.3) is 0 Å². The van der Waals surface area contributed by atoms with E-state index in [4.69, 9.17) is 0 Å². The molecule has 0 saturated carbocycles. The minimum absolute atomic E-state index is 1.01. The lowest BCUT2D eigenvalue weighted by atomic mass is 10.3. The number of anilines is 1. The summed E-state index contributed by atoms with van der Waals surface area (Å²) in [5, 5.41) is 4.37. The summed E-state index contributed by atoms with van der Waals surface area (Å²) in [6.45, 7) is 3.20. The van der Waals surface area contributed by atoms with E-state index in [0.717, 1.165) is 21.7 Å². The molecular weight excluding hydrogens is 272 g/mol. The molecule has 1 aromatic heterocycles. The van der Waals surface area contributed by atoms with E-state index < -0.39 is 0 Å². The van der Waals surface area contributed by atoms with Gasteiger partial charge in [0, 0.05) is 11.0 Å². The highest BCUT2D eigenvalue weighted by Crippen LogP contribution is 2.27. The fourth-order valence-electron chi connectivity index (χ4n) is 1.35. The van der Waals surface area contributed by atoms with Crippen LogP contribution in [0.25, 0.3) is 10.2 Å². The van der Waals surface area contributed by atoms with Gasteiger partial charge in [-0.3, -0.25) is 0 Å². The van der Waals surface area contributed by atoms with Crippen molar-refractivity contribution >= 4 is 42.6 Å². The van der Waals surface area contributed by atoms with E-state index in [1.54, 1.807) is 11.3 Å². The first kappa shape index (κ1) is 10.9. The predicted molar refractivity (Wildman–Crippen MR) is 70.7 cm³/mol. The molecule has 0 fully saturated rings. The quantitative estimate of drug-likeness (QED) is 0.848. The molecule has 4 heteroatoms. The summed E-state index contributed by atoms with van der Waals surface area (Å²) in [6, 6.07) is 6.20. The van der Waals surface area contributed by atoms with E-state index in [2.05, 4.69) is 51.4 Å². The Morgan fingerprint density at radius 2 is 2.33 bits per heavy atom. The van der Waals surface area contributed by atoms with Crippen LogP contribution < -0.4 is 5.32 Å². The summed E-state index contributed by atoms with van der Waals surface area (Å²) in [4.78, 5) is 4.52. The highest BCUT2D eigenvalue weighted by Gasteiger charge is 2.02. The molecule has 0 radical (unpaired) electrons. The standard InChI is InChI=1S/C11H13BrN2S/c1-2-3-6-13-11-14-9-7-8(12)4-5-10(9)15-11/h4-5,7H,2-3,6H2,1H3,(H,13,14). The molecule has 15 heavy (non-hydrogen) atoms. The van der Waals surface area contributed by atoms with Gasteiger partial charge in [0.15, 0.2) is 5.13 Å². The van der Waals surface area contributed by atoms with E-state index >= 15 is 0 Å². The maximum absolute atomic E-state index is 4.52.